The molecular formula is C20H25N5O3. The Bertz CT molecular complexity index is 882. The lowest BCUT2D eigenvalue weighted by molar-refractivity contribution is 0.0952. The van der Waals surface area contributed by atoms with E-state index >= 15 is 0 Å². The first-order valence-electron chi connectivity index (χ1n) is 9.51. The monoisotopic (exact) mass is 383 g/mol. The van der Waals surface area contributed by atoms with Gasteiger partial charge in [-0.15, -0.1) is 0 Å². The molecule has 3 heterocycles. The Balaban J connectivity index is 1.37. The van der Waals surface area contributed by atoms with Gasteiger partial charge in [-0.25, -0.2) is 9.78 Å². The number of aliphatic imine (C=N–C) groups is 1. The van der Waals surface area contributed by atoms with Gasteiger partial charge in [0.15, 0.2) is 0 Å². The van der Waals surface area contributed by atoms with Gasteiger partial charge in [0.25, 0.3) is 0 Å². The van der Waals surface area contributed by atoms with Crippen molar-refractivity contribution < 1.29 is 14.6 Å². The summed E-state index contributed by atoms with van der Waals surface area (Å²) >= 11 is 0. The van der Waals surface area contributed by atoms with Gasteiger partial charge in [-0.3, -0.25) is 9.89 Å². The van der Waals surface area contributed by atoms with Crippen molar-refractivity contribution >= 4 is 18.1 Å². The number of nitrogen functional groups attached to an aromatic ring is 1. The molecule has 0 bridgehead atoms. The predicted octanol–water partition coefficient (Wildman–Crippen LogP) is 2.10. The zero-order valence-corrected chi connectivity index (χ0v) is 15.9. The first-order valence-corrected chi connectivity index (χ1v) is 9.51. The Kier molecular flexibility index (Phi) is 5.04. The number of cyclic esters (lactones) is 1. The molecule has 3 atom stereocenters. The molecular weight excluding hydrogens is 358 g/mol. The number of nitrogens with two attached hydrogens (primary N) is 1. The van der Waals surface area contributed by atoms with Crippen LogP contribution in [-0.2, 0) is 11.3 Å². The Morgan fingerprint density at radius 3 is 2.82 bits per heavy atom. The molecule has 28 heavy (non-hydrogen) atoms. The molecule has 1 amide bonds. The highest BCUT2D eigenvalue weighted by molar-refractivity contribution is 5.73. The third kappa shape index (κ3) is 3.73. The highest BCUT2D eigenvalue weighted by atomic mass is 16.6. The Morgan fingerprint density at radius 2 is 2.21 bits per heavy atom. The molecule has 148 valence electrons. The van der Waals surface area contributed by atoms with Gasteiger partial charge in [0.2, 0.25) is 0 Å². The van der Waals surface area contributed by atoms with E-state index < -0.39 is 6.10 Å². The maximum absolute atomic E-state index is 12.0. The summed E-state index contributed by atoms with van der Waals surface area (Å²) in [6, 6.07) is 0. The molecule has 3 aliphatic rings. The topological polar surface area (TPSA) is 106 Å². The molecule has 8 nitrogen and oxygen atoms in total. The standard InChI is InChI=1S/C20H25N5O3/c1-13-6-16(25-9-17(11-26)28-20(25)27)4-5-18(13)14-2-3-15(22-7-14)8-24-10-19(21)23-12-24/h3-4,6-7,10,12,14,17-18,26H,2,5,8-9,11,21H2,1H3/t14?,17-,18?/m1/s1. The Morgan fingerprint density at radius 1 is 1.36 bits per heavy atom. The zero-order valence-electron chi connectivity index (χ0n) is 15.9. The molecule has 1 aliphatic carbocycles. The minimum Gasteiger partial charge on any atom is -0.441 e. The molecule has 2 aliphatic heterocycles. The van der Waals surface area contributed by atoms with Crippen LogP contribution in [0.5, 0.6) is 0 Å². The number of anilines is 1. The Labute approximate surface area is 163 Å². The first kappa shape index (κ1) is 18.5. The van der Waals surface area contributed by atoms with Crippen LogP contribution in [0.4, 0.5) is 10.6 Å². The number of carbonyl (C=O) groups is 1. The maximum Gasteiger partial charge on any atom is 0.414 e. The van der Waals surface area contributed by atoms with Crippen molar-refractivity contribution in [2.75, 3.05) is 18.9 Å². The summed E-state index contributed by atoms with van der Waals surface area (Å²) in [5, 5.41) is 9.21. The van der Waals surface area contributed by atoms with Crippen molar-refractivity contribution in [2.45, 2.75) is 32.4 Å². The van der Waals surface area contributed by atoms with E-state index in [9.17, 15) is 9.90 Å². The van der Waals surface area contributed by atoms with Crippen LogP contribution in [0, 0.1) is 11.8 Å². The van der Waals surface area contributed by atoms with Crippen molar-refractivity contribution in [2.24, 2.45) is 16.8 Å². The van der Waals surface area contributed by atoms with E-state index in [4.69, 9.17) is 10.5 Å². The molecule has 1 saturated heterocycles. The number of ether oxygens (including phenoxy) is 1. The number of allylic oxidation sites excluding steroid dienone is 5. The summed E-state index contributed by atoms with van der Waals surface area (Å²) in [6.07, 6.45) is 12.8. The number of hydrogen-bond acceptors (Lipinski definition) is 6. The Hall–Kier alpha value is -2.87. The number of nitrogens with zero attached hydrogens (tertiary/aromatic N) is 4. The lowest BCUT2D eigenvalue weighted by atomic mass is 9.79. The van der Waals surface area contributed by atoms with Gasteiger partial charge in [0.05, 0.1) is 31.7 Å². The van der Waals surface area contributed by atoms with Crippen LogP contribution in [0.15, 0.2) is 52.7 Å². The highest BCUT2D eigenvalue weighted by Gasteiger charge is 2.34. The van der Waals surface area contributed by atoms with Crippen molar-refractivity contribution in [1.82, 2.24) is 14.5 Å². The fourth-order valence-corrected chi connectivity index (χ4v) is 3.96. The van der Waals surface area contributed by atoms with Gasteiger partial charge in [-0.2, -0.15) is 0 Å². The van der Waals surface area contributed by atoms with E-state index in [0.29, 0.717) is 30.7 Å². The molecule has 0 aromatic carbocycles. The van der Waals surface area contributed by atoms with Crippen molar-refractivity contribution in [3.05, 3.63) is 47.7 Å². The summed E-state index contributed by atoms with van der Waals surface area (Å²) in [6.45, 7) is 3.01. The van der Waals surface area contributed by atoms with E-state index in [1.54, 1.807) is 17.4 Å². The lowest BCUT2D eigenvalue weighted by Crippen LogP contribution is -2.28. The zero-order chi connectivity index (χ0) is 19.7. The molecule has 3 N–H and O–H groups in total. The lowest BCUT2D eigenvalue weighted by Gasteiger charge is -2.30. The molecule has 2 unspecified atom stereocenters. The van der Waals surface area contributed by atoms with E-state index in [2.05, 4.69) is 35.1 Å². The number of aliphatic hydroxyl groups excluding tert-OH is 1. The summed E-state index contributed by atoms with van der Waals surface area (Å²) in [5.41, 5.74) is 8.75. The van der Waals surface area contributed by atoms with Crippen LogP contribution in [0.1, 0.15) is 19.8 Å². The number of hydrogen-bond donors (Lipinski definition) is 2. The molecule has 1 fully saturated rings. The summed E-state index contributed by atoms with van der Waals surface area (Å²) in [4.78, 5) is 22.3. The van der Waals surface area contributed by atoms with E-state index in [1.165, 1.54) is 5.57 Å². The third-order valence-electron chi connectivity index (χ3n) is 5.50. The third-order valence-corrected chi connectivity index (χ3v) is 5.50. The molecule has 1 aromatic rings. The van der Waals surface area contributed by atoms with Crippen LogP contribution >= 0.6 is 0 Å². The van der Waals surface area contributed by atoms with E-state index in [1.807, 2.05) is 10.8 Å². The van der Waals surface area contributed by atoms with Gasteiger partial charge >= 0.3 is 6.09 Å². The van der Waals surface area contributed by atoms with Crippen molar-refractivity contribution in [3.8, 4) is 0 Å². The minimum absolute atomic E-state index is 0.153. The summed E-state index contributed by atoms with van der Waals surface area (Å²) < 4.78 is 7.07. The van der Waals surface area contributed by atoms with Gasteiger partial charge in [0, 0.05) is 24.0 Å². The average molecular weight is 383 g/mol. The number of carbonyl (C=O) groups excluding carboxylic acids is 1. The summed E-state index contributed by atoms with van der Waals surface area (Å²) in [7, 11) is 0. The number of amides is 1. The van der Waals surface area contributed by atoms with E-state index in [0.717, 1.165) is 24.2 Å². The second-order valence-corrected chi connectivity index (χ2v) is 7.50. The fourth-order valence-electron chi connectivity index (χ4n) is 3.96. The normalized spacial score (nSPS) is 27.4. The fraction of sp³-hybridized carbons (Fsp3) is 0.450. The first-order chi connectivity index (χ1) is 13.5. The van der Waals surface area contributed by atoms with Crippen molar-refractivity contribution in [3.63, 3.8) is 0 Å². The second kappa shape index (κ2) is 7.63. The number of imidazole rings is 1. The number of aliphatic hydroxyl groups is 1. The van der Waals surface area contributed by atoms with Gasteiger partial charge in [0.1, 0.15) is 11.9 Å². The molecule has 1 aromatic heterocycles. The molecule has 0 radical (unpaired) electrons. The number of rotatable bonds is 5. The van der Waals surface area contributed by atoms with Crippen LogP contribution < -0.4 is 5.73 Å². The quantitative estimate of drug-likeness (QED) is 0.810. The van der Waals surface area contributed by atoms with Crippen LogP contribution in [0.25, 0.3) is 0 Å². The summed E-state index contributed by atoms with van der Waals surface area (Å²) in [5.74, 6) is 1.21. The average Bonchev–Trinajstić information content (AvgIpc) is 3.27. The van der Waals surface area contributed by atoms with Gasteiger partial charge in [-0.05, 0) is 31.8 Å². The van der Waals surface area contributed by atoms with Crippen LogP contribution in [0.2, 0.25) is 0 Å². The van der Waals surface area contributed by atoms with Crippen molar-refractivity contribution in [1.29, 1.82) is 0 Å². The molecule has 4 rings (SSSR count). The molecule has 0 saturated carbocycles. The highest BCUT2D eigenvalue weighted by Crippen LogP contribution is 2.35. The maximum atomic E-state index is 12.0. The van der Waals surface area contributed by atoms with Crippen LogP contribution in [-0.4, -0.2) is 51.1 Å². The molecule has 8 heteroatoms. The minimum atomic E-state index is -0.445. The van der Waals surface area contributed by atoms with Gasteiger partial charge < -0.3 is 20.1 Å². The SMILES string of the molecule is CC1=CC(N2C[C@H](CO)OC2=O)=CCC1C1C=NC(Cn2cnc(N)c2)=CC1. The second-order valence-electron chi connectivity index (χ2n) is 7.50. The van der Waals surface area contributed by atoms with E-state index in [-0.39, 0.29) is 12.7 Å². The van der Waals surface area contributed by atoms with Crippen LogP contribution in [0.3, 0.4) is 0 Å². The predicted molar refractivity (Wildman–Crippen MR) is 105 cm³/mol. The largest absolute Gasteiger partial charge is 0.441 e. The van der Waals surface area contributed by atoms with Gasteiger partial charge in [-0.1, -0.05) is 17.7 Å². The smallest absolute Gasteiger partial charge is 0.414 e. The molecule has 0 spiro atoms. The number of aromatic nitrogens is 2.